The number of ether oxygens (including phenoxy) is 1. The highest BCUT2D eigenvalue weighted by Crippen LogP contribution is 2.41. The Morgan fingerprint density at radius 3 is 1.69 bits per heavy atom. The van der Waals surface area contributed by atoms with Crippen LogP contribution in [-0.2, 0) is 16.8 Å². The third-order valence-corrected chi connectivity index (χ3v) is 6.19. The van der Waals surface area contributed by atoms with Crippen molar-refractivity contribution in [2.24, 2.45) is 0 Å². The monoisotopic (exact) mass is 470 g/mol. The van der Waals surface area contributed by atoms with Crippen LogP contribution < -0.4 is 4.74 Å². The Morgan fingerprint density at radius 2 is 1.19 bits per heavy atom. The van der Waals surface area contributed by atoms with Gasteiger partial charge in [0.1, 0.15) is 11.3 Å². The number of esters is 1. The molecule has 4 heteroatoms. The number of hydrogen-bond donors (Lipinski definition) is 0. The third-order valence-electron chi connectivity index (χ3n) is 6.19. The van der Waals surface area contributed by atoms with Crippen molar-refractivity contribution in [1.29, 1.82) is 0 Å². The van der Waals surface area contributed by atoms with Crippen molar-refractivity contribution in [3.05, 3.63) is 168 Å². The molecule has 0 aliphatic rings. The van der Waals surface area contributed by atoms with E-state index in [1.807, 2.05) is 55.0 Å². The number of imidazole rings is 1. The van der Waals surface area contributed by atoms with E-state index in [4.69, 9.17) is 4.74 Å². The summed E-state index contributed by atoms with van der Waals surface area (Å²) in [6.07, 6.45) is 7.54. The zero-order valence-corrected chi connectivity index (χ0v) is 19.8. The van der Waals surface area contributed by atoms with E-state index in [-0.39, 0.29) is 0 Å². The van der Waals surface area contributed by atoms with E-state index in [9.17, 15) is 4.79 Å². The number of carbonyl (C=O) groups is 1. The van der Waals surface area contributed by atoms with Crippen LogP contribution in [-0.4, -0.2) is 15.5 Å². The molecule has 0 amide bonds. The van der Waals surface area contributed by atoms with Crippen LogP contribution in [0.3, 0.4) is 0 Å². The van der Waals surface area contributed by atoms with Gasteiger partial charge in [-0.2, -0.15) is 0 Å². The lowest BCUT2D eigenvalue weighted by Crippen LogP contribution is -2.38. The highest BCUT2D eigenvalue weighted by atomic mass is 16.5. The summed E-state index contributed by atoms with van der Waals surface area (Å²) in [5.74, 6) is 0.112. The Labute approximate surface area is 211 Å². The van der Waals surface area contributed by atoms with Gasteiger partial charge >= 0.3 is 5.97 Å². The van der Waals surface area contributed by atoms with Crippen molar-refractivity contribution in [1.82, 2.24) is 9.55 Å². The van der Waals surface area contributed by atoms with Crippen molar-refractivity contribution in [2.75, 3.05) is 0 Å². The number of allylic oxidation sites excluding steroid dienone is 1. The van der Waals surface area contributed by atoms with Crippen LogP contribution in [0.1, 0.15) is 22.4 Å². The fourth-order valence-electron chi connectivity index (χ4n) is 4.65. The molecule has 0 bridgehead atoms. The molecule has 1 aromatic heterocycles. The molecular weight excluding hydrogens is 444 g/mol. The highest BCUT2D eigenvalue weighted by Gasteiger charge is 2.39. The first kappa shape index (κ1) is 23.1. The van der Waals surface area contributed by atoms with Gasteiger partial charge in [-0.15, -0.1) is 0 Å². The van der Waals surface area contributed by atoms with E-state index in [2.05, 4.69) is 82.3 Å². The van der Waals surface area contributed by atoms with Gasteiger partial charge in [0, 0.05) is 24.4 Å². The molecule has 4 aromatic carbocycles. The minimum atomic E-state index is -0.645. The molecule has 0 fully saturated rings. The molecule has 0 radical (unpaired) electrons. The van der Waals surface area contributed by atoms with E-state index in [0.717, 1.165) is 22.4 Å². The molecule has 36 heavy (non-hydrogen) atoms. The zero-order valence-electron chi connectivity index (χ0n) is 19.8. The fourth-order valence-corrected chi connectivity index (χ4v) is 4.65. The van der Waals surface area contributed by atoms with Crippen LogP contribution in [0.4, 0.5) is 0 Å². The Hall–Kier alpha value is -4.70. The summed E-state index contributed by atoms with van der Waals surface area (Å²) in [5.41, 5.74) is 3.68. The van der Waals surface area contributed by atoms with Crippen molar-refractivity contribution in [3.63, 3.8) is 0 Å². The summed E-state index contributed by atoms with van der Waals surface area (Å²) in [5, 5.41) is 0. The van der Waals surface area contributed by atoms with E-state index >= 15 is 0 Å². The molecule has 0 atom stereocenters. The SMILES string of the molecule is O=C(C=CCc1cncn1C(c1ccccc1)(c1ccccc1)c1ccccc1)Oc1ccccc1. The standard InChI is InChI=1S/C32H26N2O2/c35-31(36-30-21-11-4-12-22-30)23-13-20-29-24-33-25-34(29)32(26-14-5-1-6-15-26,27-16-7-2-8-17-27)28-18-9-3-10-19-28/h1-19,21-25H,20H2. The first-order valence-electron chi connectivity index (χ1n) is 11.9. The Kier molecular flexibility index (Phi) is 6.86. The number of rotatable bonds is 8. The quantitative estimate of drug-likeness (QED) is 0.114. The first-order valence-corrected chi connectivity index (χ1v) is 11.9. The molecule has 0 spiro atoms. The van der Waals surface area contributed by atoms with E-state index < -0.39 is 11.5 Å². The second kappa shape index (κ2) is 10.7. The van der Waals surface area contributed by atoms with E-state index in [1.54, 1.807) is 12.1 Å². The summed E-state index contributed by atoms with van der Waals surface area (Å²) < 4.78 is 7.60. The van der Waals surface area contributed by atoms with Crippen LogP contribution in [0.5, 0.6) is 5.75 Å². The minimum Gasteiger partial charge on any atom is -0.423 e. The van der Waals surface area contributed by atoms with Crippen molar-refractivity contribution in [2.45, 2.75) is 12.0 Å². The van der Waals surface area contributed by atoms with Gasteiger partial charge in [-0.1, -0.05) is 115 Å². The second-order valence-corrected chi connectivity index (χ2v) is 8.40. The molecule has 0 aliphatic heterocycles. The van der Waals surface area contributed by atoms with Gasteiger partial charge < -0.3 is 9.30 Å². The van der Waals surface area contributed by atoms with Crippen LogP contribution in [0.15, 0.2) is 146 Å². The Balaban J connectivity index is 1.57. The van der Waals surface area contributed by atoms with Crippen molar-refractivity contribution < 1.29 is 9.53 Å². The van der Waals surface area contributed by atoms with Gasteiger partial charge in [-0.05, 0) is 28.8 Å². The van der Waals surface area contributed by atoms with Crippen LogP contribution in [0, 0.1) is 0 Å². The average molecular weight is 471 g/mol. The first-order chi connectivity index (χ1) is 17.8. The highest BCUT2D eigenvalue weighted by molar-refractivity contribution is 5.84. The summed E-state index contributed by atoms with van der Waals surface area (Å²) in [6, 6.07) is 40.4. The zero-order chi connectivity index (χ0) is 24.6. The number of carbonyl (C=O) groups excluding carboxylic acids is 1. The van der Waals surface area contributed by atoms with Gasteiger partial charge in [0.15, 0.2) is 0 Å². The molecule has 0 saturated heterocycles. The largest absolute Gasteiger partial charge is 0.423 e. The molecule has 0 unspecified atom stereocenters. The number of para-hydroxylation sites is 1. The smallest absolute Gasteiger partial charge is 0.335 e. The molecule has 0 N–H and O–H groups in total. The lowest BCUT2D eigenvalue weighted by molar-refractivity contribution is -0.129. The normalized spacial score (nSPS) is 11.4. The maximum atomic E-state index is 12.4. The molecule has 176 valence electrons. The molecule has 0 saturated carbocycles. The van der Waals surface area contributed by atoms with Gasteiger partial charge in [0.2, 0.25) is 0 Å². The van der Waals surface area contributed by atoms with E-state index in [0.29, 0.717) is 12.2 Å². The number of benzene rings is 4. The van der Waals surface area contributed by atoms with Crippen molar-refractivity contribution >= 4 is 5.97 Å². The molecule has 5 rings (SSSR count). The number of aromatic nitrogens is 2. The van der Waals surface area contributed by atoms with Gasteiger partial charge in [0.05, 0.1) is 6.33 Å². The molecular formula is C32H26N2O2. The molecule has 5 aromatic rings. The van der Waals surface area contributed by atoms with E-state index in [1.165, 1.54) is 6.08 Å². The summed E-state index contributed by atoms with van der Waals surface area (Å²) in [6.45, 7) is 0. The average Bonchev–Trinajstić information content (AvgIpc) is 3.40. The summed E-state index contributed by atoms with van der Waals surface area (Å²) in [7, 11) is 0. The Bertz CT molecular complexity index is 1330. The second-order valence-electron chi connectivity index (χ2n) is 8.40. The van der Waals surface area contributed by atoms with Gasteiger partial charge in [0.25, 0.3) is 0 Å². The third kappa shape index (κ3) is 4.62. The van der Waals surface area contributed by atoms with Crippen LogP contribution >= 0.6 is 0 Å². The lowest BCUT2D eigenvalue weighted by atomic mass is 9.76. The molecule has 1 heterocycles. The number of nitrogens with zero attached hydrogens (tertiary/aromatic N) is 2. The molecule has 4 nitrogen and oxygen atoms in total. The summed E-state index contributed by atoms with van der Waals surface area (Å²) >= 11 is 0. The number of hydrogen-bond acceptors (Lipinski definition) is 3. The topological polar surface area (TPSA) is 44.1 Å². The fraction of sp³-hybridized carbons (Fsp3) is 0.0625. The van der Waals surface area contributed by atoms with Gasteiger partial charge in [-0.3, -0.25) is 0 Å². The maximum Gasteiger partial charge on any atom is 0.335 e. The summed E-state index contributed by atoms with van der Waals surface area (Å²) in [4.78, 5) is 16.9. The van der Waals surface area contributed by atoms with Gasteiger partial charge in [-0.25, -0.2) is 9.78 Å². The predicted octanol–water partition coefficient (Wildman–Crippen LogP) is 6.43. The maximum absolute atomic E-state index is 12.4. The minimum absolute atomic E-state index is 0.410. The lowest BCUT2D eigenvalue weighted by Gasteiger charge is -2.38. The van der Waals surface area contributed by atoms with Crippen LogP contribution in [0.25, 0.3) is 0 Å². The van der Waals surface area contributed by atoms with Crippen molar-refractivity contribution in [3.8, 4) is 5.75 Å². The Morgan fingerprint density at radius 1 is 0.722 bits per heavy atom. The molecule has 0 aliphatic carbocycles. The predicted molar refractivity (Wildman–Crippen MR) is 142 cm³/mol. The van der Waals surface area contributed by atoms with Crippen LogP contribution in [0.2, 0.25) is 0 Å².